The first kappa shape index (κ1) is 17.9. The van der Waals surface area contributed by atoms with Crippen molar-refractivity contribution in [1.82, 2.24) is 19.2 Å². The van der Waals surface area contributed by atoms with Crippen LogP contribution in [0, 0.1) is 5.41 Å². The Morgan fingerprint density at radius 1 is 1.16 bits per heavy atom. The van der Waals surface area contributed by atoms with Crippen LogP contribution < -0.4 is 10.6 Å². The van der Waals surface area contributed by atoms with Gasteiger partial charge in [-0.2, -0.15) is 0 Å². The highest BCUT2D eigenvalue weighted by Gasteiger charge is 2.71. The average molecular weight is 435 g/mol. The Bertz CT molecular complexity index is 496. The highest BCUT2D eigenvalue weighted by Crippen LogP contribution is 2.65. The van der Waals surface area contributed by atoms with Crippen LogP contribution in [0.15, 0.2) is 23.1 Å². The molecule has 4 unspecified atom stereocenters. The fraction of sp³-hybridized carbons (Fsp3) is 0.733. The normalized spacial score (nSPS) is 45.0. The van der Waals surface area contributed by atoms with Crippen molar-refractivity contribution < 1.29 is 4.18 Å². The molecule has 0 radical (unpaired) electrons. The Labute approximate surface area is 170 Å². The van der Waals surface area contributed by atoms with E-state index in [0.29, 0.717) is 10.7 Å². The van der Waals surface area contributed by atoms with Gasteiger partial charge in [0, 0.05) is 49.4 Å². The van der Waals surface area contributed by atoms with Gasteiger partial charge in [0.1, 0.15) is 0 Å². The number of hydrogen-bond acceptors (Lipinski definition) is 10. The van der Waals surface area contributed by atoms with Gasteiger partial charge in [0.25, 0.3) is 0 Å². The highest BCUT2D eigenvalue weighted by molar-refractivity contribution is 8.04. The Kier molecular flexibility index (Phi) is 5.28. The van der Waals surface area contributed by atoms with E-state index in [-0.39, 0.29) is 10.4 Å². The summed E-state index contributed by atoms with van der Waals surface area (Å²) in [6.45, 7) is 3.95. The molecular weight excluding hydrogens is 413 g/mol. The van der Waals surface area contributed by atoms with E-state index in [9.17, 15) is 0 Å². The zero-order valence-electron chi connectivity index (χ0n) is 13.8. The summed E-state index contributed by atoms with van der Waals surface area (Å²) >= 11 is 9.53. The maximum absolute atomic E-state index is 6.27. The molecule has 3 fully saturated rings. The van der Waals surface area contributed by atoms with Crippen molar-refractivity contribution in [2.75, 3.05) is 37.7 Å². The SMILES string of the molecule is C1=CSN(C2(N3CCCS3)SOCC2(C2NC=CS2)C2NCCS2)C1. The second kappa shape index (κ2) is 7.36. The average Bonchev–Trinajstić information content (AvgIpc) is 3.49. The summed E-state index contributed by atoms with van der Waals surface area (Å²) in [5.41, 5.74) is -0.0522. The predicted molar refractivity (Wildman–Crippen MR) is 114 cm³/mol. The molecule has 5 nitrogen and oxygen atoms in total. The minimum atomic E-state index is -0.186. The number of rotatable bonds is 4. The summed E-state index contributed by atoms with van der Waals surface area (Å²) in [7, 11) is 0. The topological polar surface area (TPSA) is 39.8 Å². The van der Waals surface area contributed by atoms with Crippen LogP contribution in [-0.2, 0) is 4.18 Å². The number of hydrogen-bond donors (Lipinski definition) is 2. The highest BCUT2D eigenvalue weighted by atomic mass is 32.2. The summed E-state index contributed by atoms with van der Waals surface area (Å²) < 4.78 is 11.5. The first-order valence-electron chi connectivity index (χ1n) is 8.60. The van der Waals surface area contributed by atoms with Crippen molar-refractivity contribution in [2.24, 2.45) is 5.41 Å². The molecule has 5 rings (SSSR count). The van der Waals surface area contributed by atoms with Crippen molar-refractivity contribution in [3.05, 3.63) is 23.1 Å². The van der Waals surface area contributed by atoms with E-state index in [1.54, 1.807) is 12.0 Å². The van der Waals surface area contributed by atoms with E-state index in [2.05, 4.69) is 54.1 Å². The van der Waals surface area contributed by atoms with Crippen LogP contribution >= 0.6 is 59.5 Å². The van der Waals surface area contributed by atoms with Crippen LogP contribution in [0.2, 0.25) is 0 Å². The molecule has 0 bridgehead atoms. The smallest absolute Gasteiger partial charge is 0.180 e. The molecule has 4 atom stereocenters. The van der Waals surface area contributed by atoms with Gasteiger partial charge in [-0.3, -0.25) is 0 Å². The molecule has 0 aromatic heterocycles. The minimum Gasteiger partial charge on any atom is -0.378 e. The first-order valence-corrected chi connectivity index (χ1v) is 13.1. The van der Waals surface area contributed by atoms with Gasteiger partial charge in [-0.15, -0.1) is 23.5 Å². The van der Waals surface area contributed by atoms with Gasteiger partial charge in [0.05, 0.1) is 22.8 Å². The van der Waals surface area contributed by atoms with Gasteiger partial charge >= 0.3 is 0 Å². The van der Waals surface area contributed by atoms with Crippen molar-refractivity contribution in [1.29, 1.82) is 0 Å². The molecule has 0 aromatic rings. The van der Waals surface area contributed by atoms with Gasteiger partial charge in [0.15, 0.2) is 4.99 Å². The maximum Gasteiger partial charge on any atom is 0.180 e. The summed E-state index contributed by atoms with van der Waals surface area (Å²) in [5.74, 6) is 2.38. The molecule has 2 N–H and O–H groups in total. The summed E-state index contributed by atoms with van der Waals surface area (Å²) in [5, 5.41) is 12.6. The molecule has 0 spiro atoms. The lowest BCUT2D eigenvalue weighted by Crippen LogP contribution is -2.70. The third-order valence-corrected chi connectivity index (χ3v) is 11.5. The van der Waals surface area contributed by atoms with E-state index < -0.39 is 0 Å². The van der Waals surface area contributed by atoms with E-state index >= 15 is 0 Å². The Morgan fingerprint density at radius 3 is 2.84 bits per heavy atom. The van der Waals surface area contributed by atoms with Crippen LogP contribution in [0.3, 0.4) is 0 Å². The van der Waals surface area contributed by atoms with E-state index in [0.717, 1.165) is 26.2 Å². The molecule has 5 aliphatic heterocycles. The fourth-order valence-corrected chi connectivity index (χ4v) is 10.7. The predicted octanol–water partition coefficient (Wildman–Crippen LogP) is 2.93. The Hall–Kier alpha value is 0.870. The monoisotopic (exact) mass is 434 g/mol. The largest absolute Gasteiger partial charge is 0.378 e. The van der Waals surface area contributed by atoms with Crippen LogP contribution in [0.1, 0.15) is 6.42 Å². The molecule has 138 valence electrons. The Balaban J connectivity index is 1.62. The third-order valence-electron chi connectivity index (χ3n) is 5.25. The lowest BCUT2D eigenvalue weighted by molar-refractivity contribution is 0.0128. The van der Waals surface area contributed by atoms with Crippen LogP contribution in [0.5, 0.6) is 0 Å². The van der Waals surface area contributed by atoms with Gasteiger partial charge in [-0.1, -0.05) is 18.0 Å². The maximum atomic E-state index is 6.27. The number of nitrogens with one attached hydrogen (secondary N) is 2. The quantitative estimate of drug-likeness (QED) is 0.510. The van der Waals surface area contributed by atoms with E-state index in [4.69, 9.17) is 4.18 Å². The zero-order valence-corrected chi connectivity index (χ0v) is 17.8. The van der Waals surface area contributed by atoms with Crippen LogP contribution in [0.25, 0.3) is 0 Å². The molecule has 0 aromatic carbocycles. The lowest BCUT2D eigenvalue weighted by Gasteiger charge is -2.55. The lowest BCUT2D eigenvalue weighted by atomic mass is 9.82. The molecule has 5 aliphatic rings. The number of thioether (sulfide) groups is 2. The first-order chi connectivity index (χ1) is 12.4. The summed E-state index contributed by atoms with van der Waals surface area (Å²) in [6, 6.07) is 0. The Morgan fingerprint density at radius 2 is 2.16 bits per heavy atom. The van der Waals surface area contributed by atoms with Crippen molar-refractivity contribution in [3.8, 4) is 0 Å². The molecule has 10 heteroatoms. The summed E-state index contributed by atoms with van der Waals surface area (Å²) in [6.07, 6.45) is 5.64. The second-order valence-corrected chi connectivity index (χ2v) is 11.7. The molecule has 25 heavy (non-hydrogen) atoms. The van der Waals surface area contributed by atoms with E-state index in [1.165, 1.54) is 17.9 Å². The molecule has 0 saturated carbocycles. The summed E-state index contributed by atoms with van der Waals surface area (Å²) in [4.78, 5) is -0.186. The molecule has 3 saturated heterocycles. The fourth-order valence-electron chi connectivity index (χ4n) is 4.17. The van der Waals surface area contributed by atoms with Gasteiger partial charge in [-0.25, -0.2) is 8.61 Å². The molecule has 0 aliphatic carbocycles. The number of nitrogens with zero attached hydrogens (tertiary/aromatic N) is 2. The molecule has 5 heterocycles. The van der Waals surface area contributed by atoms with Crippen molar-refractivity contribution in [2.45, 2.75) is 22.2 Å². The third kappa shape index (κ3) is 2.66. The zero-order chi connectivity index (χ0) is 16.7. The van der Waals surface area contributed by atoms with Crippen molar-refractivity contribution in [3.63, 3.8) is 0 Å². The van der Waals surface area contributed by atoms with E-state index in [1.807, 2.05) is 35.7 Å². The van der Waals surface area contributed by atoms with Crippen LogP contribution in [0.4, 0.5) is 0 Å². The standard InChI is InChI=1S/C15H22N4OS5/c1-5-18(23-7-1)15(19-6-2-8-24-19)14(11-20-25-15,12-16-3-9-21-12)13-17-4-10-22-13/h1,3,7,9,12-13,16-17H,2,4-6,8,10-11H2. The van der Waals surface area contributed by atoms with Gasteiger partial charge in [-0.05, 0) is 29.2 Å². The minimum absolute atomic E-state index is 0.0522. The second-order valence-electron chi connectivity index (χ2n) is 6.51. The van der Waals surface area contributed by atoms with Crippen LogP contribution in [-0.4, -0.2) is 62.1 Å². The van der Waals surface area contributed by atoms with Gasteiger partial charge < -0.3 is 14.8 Å². The molecular formula is C15H22N4OS5. The molecule has 0 amide bonds. The van der Waals surface area contributed by atoms with Gasteiger partial charge in [0.2, 0.25) is 0 Å². The van der Waals surface area contributed by atoms with Crippen molar-refractivity contribution >= 4 is 59.5 Å².